The van der Waals surface area contributed by atoms with Crippen LogP contribution in [0.1, 0.15) is 46.0 Å². The molecule has 1 aliphatic heterocycles. The molecule has 3 nitrogen and oxygen atoms in total. The fourth-order valence-corrected chi connectivity index (χ4v) is 2.77. The number of nitrogens with one attached hydrogen (secondary N) is 1. The van der Waals surface area contributed by atoms with Crippen LogP contribution >= 0.6 is 0 Å². The maximum Gasteiger partial charge on any atom is 0.411 e. The Bertz CT molecular complexity index is 339. The minimum Gasteiger partial charge on any atom is -0.311 e. The number of rotatable bonds is 4. The molecule has 2 rings (SSSR count). The molecule has 1 saturated heterocycles. The van der Waals surface area contributed by atoms with Gasteiger partial charge in [0.1, 0.15) is 5.54 Å². The van der Waals surface area contributed by atoms with E-state index in [-0.39, 0.29) is 18.7 Å². The van der Waals surface area contributed by atoms with E-state index in [1.54, 1.807) is 0 Å². The van der Waals surface area contributed by atoms with Crippen LogP contribution in [-0.2, 0) is 4.79 Å². The van der Waals surface area contributed by atoms with Gasteiger partial charge in [-0.3, -0.25) is 10.1 Å². The molecule has 2 atom stereocenters. The number of halogens is 3. The number of alkyl halides is 3. The second-order valence-electron chi connectivity index (χ2n) is 5.17. The van der Waals surface area contributed by atoms with Gasteiger partial charge in [-0.1, -0.05) is 20.3 Å². The third-order valence-corrected chi connectivity index (χ3v) is 3.92. The molecular formula is C12H19F3N2O. The van der Waals surface area contributed by atoms with Crippen LogP contribution in [0.25, 0.3) is 0 Å². The van der Waals surface area contributed by atoms with E-state index in [1.165, 1.54) is 0 Å². The maximum absolute atomic E-state index is 13.1. The van der Waals surface area contributed by atoms with Crippen molar-refractivity contribution in [3.8, 4) is 0 Å². The Morgan fingerprint density at radius 3 is 2.39 bits per heavy atom. The lowest BCUT2D eigenvalue weighted by atomic mass is 10.1. The van der Waals surface area contributed by atoms with Crippen molar-refractivity contribution >= 4 is 5.91 Å². The van der Waals surface area contributed by atoms with E-state index >= 15 is 0 Å². The molecule has 6 heteroatoms. The van der Waals surface area contributed by atoms with Crippen LogP contribution in [-0.4, -0.2) is 34.7 Å². The zero-order valence-corrected chi connectivity index (χ0v) is 10.7. The summed E-state index contributed by atoms with van der Waals surface area (Å²) in [4.78, 5) is 13.2. The lowest BCUT2D eigenvalue weighted by Gasteiger charge is -2.34. The topological polar surface area (TPSA) is 32.3 Å². The van der Waals surface area contributed by atoms with Crippen molar-refractivity contribution in [3.63, 3.8) is 0 Å². The van der Waals surface area contributed by atoms with Crippen LogP contribution in [0.4, 0.5) is 13.2 Å². The van der Waals surface area contributed by atoms with Crippen LogP contribution < -0.4 is 5.32 Å². The van der Waals surface area contributed by atoms with Gasteiger partial charge in [0, 0.05) is 0 Å². The maximum atomic E-state index is 13.1. The summed E-state index contributed by atoms with van der Waals surface area (Å²) in [6.45, 7) is 3.73. The molecule has 1 N–H and O–H groups in total. The summed E-state index contributed by atoms with van der Waals surface area (Å²) >= 11 is 0. The Morgan fingerprint density at radius 2 is 2.00 bits per heavy atom. The van der Waals surface area contributed by atoms with Gasteiger partial charge in [-0.05, 0) is 25.7 Å². The van der Waals surface area contributed by atoms with Crippen molar-refractivity contribution in [2.45, 2.75) is 69.9 Å². The summed E-state index contributed by atoms with van der Waals surface area (Å²) in [7, 11) is 0. The predicted molar refractivity (Wildman–Crippen MR) is 60.8 cm³/mol. The SMILES string of the molecule is CCCC1NC(CC)C(=O)N1C1(C(F)(F)F)CC1. The van der Waals surface area contributed by atoms with Crippen molar-refractivity contribution in [1.82, 2.24) is 10.2 Å². The number of nitrogens with zero attached hydrogens (tertiary/aromatic N) is 1. The molecule has 1 heterocycles. The smallest absolute Gasteiger partial charge is 0.311 e. The Morgan fingerprint density at radius 1 is 1.39 bits per heavy atom. The second-order valence-corrected chi connectivity index (χ2v) is 5.17. The van der Waals surface area contributed by atoms with Crippen molar-refractivity contribution in [2.75, 3.05) is 0 Å². The number of carbonyl (C=O) groups excluding carboxylic acids is 1. The summed E-state index contributed by atoms with van der Waals surface area (Å²) in [5.74, 6) is -0.384. The van der Waals surface area contributed by atoms with Gasteiger partial charge in [0.2, 0.25) is 5.91 Å². The van der Waals surface area contributed by atoms with Gasteiger partial charge in [0.05, 0.1) is 12.2 Å². The van der Waals surface area contributed by atoms with Crippen molar-refractivity contribution < 1.29 is 18.0 Å². The first-order chi connectivity index (χ1) is 8.37. The highest BCUT2D eigenvalue weighted by Gasteiger charge is 2.70. The molecule has 1 aliphatic carbocycles. The molecule has 2 fully saturated rings. The summed E-state index contributed by atoms with van der Waals surface area (Å²) in [6, 6.07) is -0.457. The molecule has 0 bridgehead atoms. The van der Waals surface area contributed by atoms with Crippen molar-refractivity contribution in [1.29, 1.82) is 0 Å². The summed E-state index contributed by atoms with van der Waals surface area (Å²) in [5, 5.41) is 3.04. The standard InChI is InChI=1S/C12H19F3N2O/c1-3-5-9-16-8(4-2)10(18)17(9)11(6-7-11)12(13,14)15/h8-9,16H,3-7H2,1-2H3. The van der Waals surface area contributed by atoms with Gasteiger partial charge in [-0.25, -0.2) is 0 Å². The van der Waals surface area contributed by atoms with Crippen molar-refractivity contribution in [2.24, 2.45) is 0 Å². The number of hydrogen-bond donors (Lipinski definition) is 1. The lowest BCUT2D eigenvalue weighted by molar-refractivity contribution is -0.202. The van der Waals surface area contributed by atoms with Gasteiger partial charge >= 0.3 is 6.18 Å². The first-order valence-corrected chi connectivity index (χ1v) is 6.53. The number of amides is 1. The molecule has 0 aromatic carbocycles. The van der Waals surface area contributed by atoms with E-state index in [0.29, 0.717) is 12.8 Å². The fourth-order valence-electron chi connectivity index (χ4n) is 2.77. The average Bonchev–Trinajstić information content (AvgIpc) is 3.01. The highest BCUT2D eigenvalue weighted by atomic mass is 19.4. The molecule has 0 spiro atoms. The fraction of sp³-hybridized carbons (Fsp3) is 0.917. The zero-order valence-electron chi connectivity index (χ0n) is 10.7. The normalized spacial score (nSPS) is 30.9. The Hall–Kier alpha value is -0.780. The van der Waals surface area contributed by atoms with E-state index in [9.17, 15) is 18.0 Å². The molecular weight excluding hydrogens is 245 g/mol. The van der Waals surface area contributed by atoms with E-state index in [1.807, 2.05) is 13.8 Å². The minimum atomic E-state index is -4.32. The molecule has 2 unspecified atom stereocenters. The monoisotopic (exact) mass is 264 g/mol. The van der Waals surface area contributed by atoms with E-state index in [2.05, 4.69) is 5.32 Å². The molecule has 1 amide bonds. The zero-order chi connectivity index (χ0) is 13.6. The molecule has 18 heavy (non-hydrogen) atoms. The van der Waals surface area contributed by atoms with E-state index < -0.39 is 23.9 Å². The predicted octanol–water partition coefficient (Wildman–Crippen LogP) is 2.42. The van der Waals surface area contributed by atoms with Crippen LogP contribution in [0, 0.1) is 0 Å². The molecule has 2 aliphatic rings. The van der Waals surface area contributed by atoms with Gasteiger partial charge in [-0.2, -0.15) is 13.2 Å². The Balaban J connectivity index is 2.26. The van der Waals surface area contributed by atoms with Crippen molar-refractivity contribution in [3.05, 3.63) is 0 Å². The Kier molecular flexibility index (Phi) is 3.34. The van der Waals surface area contributed by atoms with Gasteiger partial charge in [0.15, 0.2) is 0 Å². The third-order valence-electron chi connectivity index (χ3n) is 3.92. The van der Waals surface area contributed by atoms with Crippen LogP contribution in [0.2, 0.25) is 0 Å². The van der Waals surface area contributed by atoms with Gasteiger partial charge < -0.3 is 4.90 Å². The molecule has 0 radical (unpaired) electrons. The second kappa shape index (κ2) is 4.40. The molecule has 0 aromatic heterocycles. The number of carbonyl (C=O) groups is 1. The van der Waals surface area contributed by atoms with E-state index in [0.717, 1.165) is 11.3 Å². The van der Waals surface area contributed by atoms with Crippen LogP contribution in [0.3, 0.4) is 0 Å². The third kappa shape index (κ3) is 1.90. The average molecular weight is 264 g/mol. The molecule has 104 valence electrons. The van der Waals surface area contributed by atoms with Gasteiger partial charge in [0.25, 0.3) is 0 Å². The quantitative estimate of drug-likeness (QED) is 0.845. The summed E-state index contributed by atoms with van der Waals surface area (Å²) in [6.07, 6.45) is -2.84. The van der Waals surface area contributed by atoms with Gasteiger partial charge in [-0.15, -0.1) is 0 Å². The van der Waals surface area contributed by atoms with Crippen LogP contribution in [0.5, 0.6) is 0 Å². The first kappa shape index (κ1) is 13.6. The Labute approximate surface area is 105 Å². The summed E-state index contributed by atoms with van der Waals surface area (Å²) < 4.78 is 39.4. The highest BCUT2D eigenvalue weighted by Crippen LogP contribution is 2.55. The first-order valence-electron chi connectivity index (χ1n) is 6.53. The lowest BCUT2D eigenvalue weighted by Crippen LogP contribution is -2.53. The summed E-state index contributed by atoms with van der Waals surface area (Å²) in [5.41, 5.74) is -1.89. The van der Waals surface area contributed by atoms with E-state index in [4.69, 9.17) is 0 Å². The van der Waals surface area contributed by atoms with Crippen LogP contribution in [0.15, 0.2) is 0 Å². The largest absolute Gasteiger partial charge is 0.411 e. The highest BCUT2D eigenvalue weighted by molar-refractivity contribution is 5.85. The minimum absolute atomic E-state index is 0.0422. The molecule has 1 saturated carbocycles. The number of hydrogen-bond acceptors (Lipinski definition) is 2. The molecule has 0 aromatic rings.